The van der Waals surface area contributed by atoms with E-state index in [2.05, 4.69) is 17.1 Å². The molecule has 1 atom stereocenters. The zero-order valence-electron chi connectivity index (χ0n) is 14.1. The summed E-state index contributed by atoms with van der Waals surface area (Å²) in [7, 11) is 3.76. The zero-order valence-corrected chi connectivity index (χ0v) is 14.9. The summed E-state index contributed by atoms with van der Waals surface area (Å²) in [5, 5.41) is 5.96. The molecular weight excluding hydrogens is 326 g/mol. The van der Waals surface area contributed by atoms with E-state index >= 15 is 0 Å². The molecule has 0 bridgehead atoms. The van der Waals surface area contributed by atoms with Crippen LogP contribution in [-0.4, -0.2) is 67.3 Å². The predicted molar refractivity (Wildman–Crippen MR) is 93.2 cm³/mol. The van der Waals surface area contributed by atoms with Gasteiger partial charge < -0.3 is 19.1 Å². The smallest absolute Gasteiger partial charge is 0.276 e. The van der Waals surface area contributed by atoms with Crippen LogP contribution in [0.2, 0.25) is 0 Å². The highest BCUT2D eigenvalue weighted by Gasteiger charge is 2.31. The number of nitrogens with zero attached hydrogens (tertiary/aromatic N) is 3. The fraction of sp³-hybridized carbons (Fsp3) is 0.529. The number of rotatable bonds is 7. The van der Waals surface area contributed by atoms with E-state index in [1.54, 1.807) is 24.5 Å². The van der Waals surface area contributed by atoms with Crippen molar-refractivity contribution < 1.29 is 14.1 Å². The van der Waals surface area contributed by atoms with Gasteiger partial charge in [0.1, 0.15) is 0 Å². The number of thiophene rings is 1. The highest BCUT2D eigenvalue weighted by molar-refractivity contribution is 7.13. The van der Waals surface area contributed by atoms with Crippen LogP contribution in [0.1, 0.15) is 23.3 Å². The van der Waals surface area contributed by atoms with Crippen molar-refractivity contribution >= 4 is 17.2 Å². The summed E-state index contributed by atoms with van der Waals surface area (Å²) in [5.74, 6) is 0.616. The van der Waals surface area contributed by atoms with Gasteiger partial charge in [0, 0.05) is 38.9 Å². The minimum atomic E-state index is -0.0378. The van der Waals surface area contributed by atoms with Gasteiger partial charge in [0.05, 0.1) is 11.5 Å². The van der Waals surface area contributed by atoms with Gasteiger partial charge in [-0.3, -0.25) is 4.79 Å². The minimum absolute atomic E-state index is 0.0378. The Labute approximate surface area is 146 Å². The summed E-state index contributed by atoms with van der Waals surface area (Å²) in [6.07, 6.45) is 2.06. The third kappa shape index (κ3) is 3.85. The first-order valence-corrected chi connectivity index (χ1v) is 9.06. The van der Waals surface area contributed by atoms with E-state index in [-0.39, 0.29) is 11.9 Å². The van der Waals surface area contributed by atoms with Gasteiger partial charge in [-0.2, -0.15) is 0 Å². The number of ether oxygens (including phenoxy) is 1. The first kappa shape index (κ1) is 17.1. The molecule has 6 nitrogen and oxygen atoms in total. The number of aromatic nitrogens is 1. The van der Waals surface area contributed by atoms with Crippen molar-refractivity contribution in [3.8, 4) is 10.6 Å². The lowest BCUT2D eigenvalue weighted by atomic mass is 10.2. The average Bonchev–Trinajstić information content (AvgIpc) is 3.31. The Morgan fingerprint density at radius 1 is 1.58 bits per heavy atom. The SMILES string of the molecule is COCCN(C)C[C@H]1CCCN1C(=O)c1cc(-c2cccs2)on1. The van der Waals surface area contributed by atoms with Crippen LogP contribution in [0.4, 0.5) is 0 Å². The number of hydrogen-bond donors (Lipinski definition) is 0. The second-order valence-corrected chi connectivity index (χ2v) is 7.05. The normalized spacial score (nSPS) is 17.8. The first-order chi connectivity index (χ1) is 11.7. The molecule has 2 aromatic heterocycles. The highest BCUT2D eigenvalue weighted by Crippen LogP contribution is 2.27. The van der Waals surface area contributed by atoms with E-state index in [1.807, 2.05) is 22.4 Å². The molecule has 24 heavy (non-hydrogen) atoms. The summed E-state index contributed by atoms with van der Waals surface area (Å²) in [6.45, 7) is 3.19. The molecule has 3 rings (SSSR count). The molecule has 0 aliphatic carbocycles. The first-order valence-electron chi connectivity index (χ1n) is 8.18. The Morgan fingerprint density at radius 3 is 3.21 bits per heavy atom. The van der Waals surface area contributed by atoms with Crippen molar-refractivity contribution in [2.24, 2.45) is 0 Å². The number of likely N-dealkylation sites (N-methyl/N-ethyl adjacent to an activating group) is 1. The topological polar surface area (TPSA) is 58.8 Å². The van der Waals surface area contributed by atoms with E-state index in [1.165, 1.54) is 0 Å². The molecule has 1 saturated heterocycles. The lowest BCUT2D eigenvalue weighted by Gasteiger charge is -2.28. The second-order valence-electron chi connectivity index (χ2n) is 6.10. The van der Waals surface area contributed by atoms with E-state index in [4.69, 9.17) is 9.26 Å². The third-order valence-electron chi connectivity index (χ3n) is 4.33. The number of methoxy groups -OCH3 is 1. The Balaban J connectivity index is 1.65. The molecule has 0 radical (unpaired) electrons. The molecule has 2 aromatic rings. The van der Waals surface area contributed by atoms with Gasteiger partial charge in [-0.05, 0) is 31.3 Å². The largest absolute Gasteiger partial charge is 0.383 e. The molecule has 7 heteroatoms. The average molecular weight is 349 g/mol. The van der Waals surface area contributed by atoms with Gasteiger partial charge >= 0.3 is 0 Å². The fourth-order valence-electron chi connectivity index (χ4n) is 3.05. The van der Waals surface area contributed by atoms with Crippen LogP contribution in [0, 0.1) is 0 Å². The van der Waals surface area contributed by atoms with E-state index in [0.29, 0.717) is 18.1 Å². The number of carbonyl (C=O) groups excluding carboxylic acids is 1. The molecule has 1 amide bonds. The van der Waals surface area contributed by atoms with Crippen LogP contribution in [0.25, 0.3) is 10.6 Å². The molecule has 1 aliphatic rings. The number of amides is 1. The van der Waals surface area contributed by atoms with E-state index in [0.717, 1.165) is 37.4 Å². The lowest BCUT2D eigenvalue weighted by Crippen LogP contribution is -2.43. The Bertz CT molecular complexity index is 656. The van der Waals surface area contributed by atoms with Crippen LogP contribution < -0.4 is 0 Å². The standard InChI is InChI=1S/C17H23N3O3S/c1-19(8-9-22-2)12-13-5-3-7-20(13)17(21)14-11-15(23-18-14)16-6-4-10-24-16/h4,6,10-11,13H,3,5,7-9,12H2,1-2H3/t13-/m1/s1. The van der Waals surface area contributed by atoms with Gasteiger partial charge in [0.15, 0.2) is 11.5 Å². The summed E-state index contributed by atoms with van der Waals surface area (Å²) in [6, 6.07) is 5.89. The predicted octanol–water partition coefficient (Wildman–Crippen LogP) is 2.59. The van der Waals surface area contributed by atoms with Gasteiger partial charge in [0.25, 0.3) is 5.91 Å². The molecular formula is C17H23N3O3S. The van der Waals surface area contributed by atoms with Crippen LogP contribution in [0.15, 0.2) is 28.1 Å². The van der Waals surface area contributed by atoms with E-state index in [9.17, 15) is 4.79 Å². The highest BCUT2D eigenvalue weighted by atomic mass is 32.1. The van der Waals surface area contributed by atoms with E-state index < -0.39 is 0 Å². The van der Waals surface area contributed by atoms with Crippen LogP contribution in [-0.2, 0) is 4.74 Å². The molecule has 0 spiro atoms. The van der Waals surface area contributed by atoms with Crippen molar-refractivity contribution in [3.63, 3.8) is 0 Å². The van der Waals surface area contributed by atoms with Crippen LogP contribution >= 0.6 is 11.3 Å². The monoisotopic (exact) mass is 349 g/mol. The number of likely N-dealkylation sites (tertiary alicyclic amines) is 1. The van der Waals surface area contributed by atoms with Crippen molar-refractivity contribution in [1.29, 1.82) is 0 Å². The molecule has 0 saturated carbocycles. The van der Waals surface area contributed by atoms with Crippen molar-refractivity contribution in [2.75, 3.05) is 40.4 Å². The number of carbonyl (C=O) groups is 1. The second kappa shape index (κ2) is 7.92. The molecule has 3 heterocycles. The van der Waals surface area contributed by atoms with Crippen molar-refractivity contribution in [1.82, 2.24) is 15.0 Å². The summed E-state index contributed by atoms with van der Waals surface area (Å²) < 4.78 is 10.5. The van der Waals surface area contributed by atoms with Gasteiger partial charge in [-0.25, -0.2) is 0 Å². The third-order valence-corrected chi connectivity index (χ3v) is 5.22. The Kier molecular flexibility index (Phi) is 5.65. The Morgan fingerprint density at radius 2 is 2.46 bits per heavy atom. The van der Waals surface area contributed by atoms with Gasteiger partial charge in [-0.1, -0.05) is 11.2 Å². The lowest BCUT2D eigenvalue weighted by molar-refractivity contribution is 0.0688. The maximum atomic E-state index is 12.8. The zero-order chi connectivity index (χ0) is 16.9. The molecule has 1 aliphatic heterocycles. The fourth-order valence-corrected chi connectivity index (χ4v) is 3.72. The quantitative estimate of drug-likeness (QED) is 0.769. The summed E-state index contributed by atoms with van der Waals surface area (Å²) in [5.41, 5.74) is 0.393. The summed E-state index contributed by atoms with van der Waals surface area (Å²) in [4.78, 5) is 17.9. The Hall–Kier alpha value is -1.70. The summed E-state index contributed by atoms with van der Waals surface area (Å²) >= 11 is 1.57. The minimum Gasteiger partial charge on any atom is -0.383 e. The van der Waals surface area contributed by atoms with Crippen molar-refractivity contribution in [3.05, 3.63) is 29.3 Å². The van der Waals surface area contributed by atoms with Crippen LogP contribution in [0.5, 0.6) is 0 Å². The molecule has 0 unspecified atom stereocenters. The van der Waals surface area contributed by atoms with Gasteiger partial charge in [0.2, 0.25) is 0 Å². The van der Waals surface area contributed by atoms with Crippen LogP contribution in [0.3, 0.4) is 0 Å². The maximum absolute atomic E-state index is 12.8. The molecule has 1 fully saturated rings. The molecule has 0 N–H and O–H groups in total. The number of hydrogen-bond acceptors (Lipinski definition) is 6. The molecule has 0 aromatic carbocycles. The van der Waals surface area contributed by atoms with Crippen molar-refractivity contribution in [2.45, 2.75) is 18.9 Å². The van der Waals surface area contributed by atoms with Gasteiger partial charge in [-0.15, -0.1) is 11.3 Å². The molecule has 130 valence electrons. The maximum Gasteiger partial charge on any atom is 0.276 e.